The van der Waals surface area contributed by atoms with Crippen LogP contribution in [0.2, 0.25) is 0 Å². The fourth-order valence-electron chi connectivity index (χ4n) is 7.65. The highest BCUT2D eigenvalue weighted by atomic mass is 16.6. The predicted molar refractivity (Wildman–Crippen MR) is 158 cm³/mol. The number of benzene rings is 1. The van der Waals surface area contributed by atoms with Gasteiger partial charge in [0.05, 0.1) is 23.6 Å². The number of ether oxygens (including phenoxy) is 2. The summed E-state index contributed by atoms with van der Waals surface area (Å²) in [6, 6.07) is 6.25. The molecule has 8 atom stereocenters. The van der Waals surface area contributed by atoms with E-state index in [0.29, 0.717) is 23.6 Å². The zero-order valence-electron chi connectivity index (χ0n) is 25.5. The Morgan fingerprint density at radius 1 is 0.976 bits per heavy atom. The molecule has 1 aromatic carbocycles. The Morgan fingerprint density at radius 2 is 1.71 bits per heavy atom. The van der Waals surface area contributed by atoms with Crippen LogP contribution in [0.25, 0.3) is 11.0 Å². The van der Waals surface area contributed by atoms with Crippen molar-refractivity contribution in [2.24, 2.45) is 29.1 Å². The Bertz CT molecular complexity index is 1370. The van der Waals surface area contributed by atoms with E-state index in [0.717, 1.165) is 55.3 Å². The van der Waals surface area contributed by atoms with Crippen molar-refractivity contribution in [1.29, 1.82) is 0 Å². The van der Waals surface area contributed by atoms with Crippen LogP contribution in [0.15, 0.2) is 24.3 Å². The average Bonchev–Trinajstić information content (AvgIpc) is 3.50. The lowest BCUT2D eigenvalue weighted by molar-refractivity contribution is -0.141. The Balaban J connectivity index is 1.35. The average molecular weight is 577 g/mol. The number of nitrogens with zero attached hydrogens (tertiary/aromatic N) is 3. The lowest BCUT2D eigenvalue weighted by atomic mass is 9.85. The number of hydrogen-bond donors (Lipinski definition) is 1. The van der Waals surface area contributed by atoms with Crippen LogP contribution in [-0.2, 0) is 20.7 Å². The Morgan fingerprint density at radius 3 is 2.43 bits per heavy atom. The van der Waals surface area contributed by atoms with Crippen LogP contribution in [0.5, 0.6) is 5.88 Å². The molecular weight excluding hydrogens is 532 g/mol. The molecular formula is C33H44N4O5. The highest BCUT2D eigenvalue weighted by molar-refractivity contribution is 5.92. The third-order valence-corrected chi connectivity index (χ3v) is 9.99. The maximum Gasteiger partial charge on any atom is 0.408 e. The minimum atomic E-state index is -0.859. The number of para-hydroxylation sites is 2. The number of Topliss-reactive ketones (excluding diaryl/α,β-unsaturated/α-hetero) is 1. The van der Waals surface area contributed by atoms with E-state index in [2.05, 4.69) is 5.32 Å². The number of aromatic nitrogens is 2. The third-order valence-electron chi connectivity index (χ3n) is 9.99. The number of nitrogens with one attached hydrogen (secondary N) is 1. The van der Waals surface area contributed by atoms with Gasteiger partial charge in [0, 0.05) is 5.92 Å². The van der Waals surface area contributed by atoms with Gasteiger partial charge in [-0.15, -0.1) is 0 Å². The van der Waals surface area contributed by atoms with Gasteiger partial charge in [0.25, 0.3) is 0 Å². The molecule has 3 heterocycles. The van der Waals surface area contributed by atoms with E-state index in [9.17, 15) is 14.4 Å². The first-order chi connectivity index (χ1) is 20.0. The maximum absolute atomic E-state index is 14.2. The van der Waals surface area contributed by atoms with Crippen LogP contribution >= 0.6 is 0 Å². The van der Waals surface area contributed by atoms with Gasteiger partial charge in [-0.1, -0.05) is 52.7 Å². The SMILES string of the molecule is CC(=O)[C@@H]1[C@H](C)[C@@H]2CN1C(=O)[C@H](C(C)(C)C)NC(=O)O[C@@H]1CC3CC3[C@H]1CCCCCc1nc3ccccc3nc1O2. The number of ketones is 1. The summed E-state index contributed by atoms with van der Waals surface area (Å²) < 4.78 is 12.6. The summed E-state index contributed by atoms with van der Waals surface area (Å²) in [4.78, 5) is 51.8. The normalized spacial score (nSPS) is 33.8. The van der Waals surface area contributed by atoms with Gasteiger partial charge in [-0.3, -0.25) is 9.59 Å². The minimum absolute atomic E-state index is 0.110. The van der Waals surface area contributed by atoms with Crippen LogP contribution in [-0.4, -0.2) is 63.5 Å². The number of carbonyl (C=O) groups excluding carboxylic acids is 3. The van der Waals surface area contributed by atoms with E-state index in [-0.39, 0.29) is 30.3 Å². The number of aryl methyl sites for hydroxylation is 1. The van der Waals surface area contributed by atoms with Crippen molar-refractivity contribution in [2.75, 3.05) is 6.54 Å². The zero-order chi connectivity index (χ0) is 29.8. The first-order valence-electron chi connectivity index (χ1n) is 15.7. The molecule has 6 rings (SSSR count). The topological polar surface area (TPSA) is 111 Å². The van der Waals surface area contributed by atoms with Gasteiger partial charge in [-0.25, -0.2) is 14.8 Å². The van der Waals surface area contributed by atoms with Gasteiger partial charge < -0.3 is 19.7 Å². The van der Waals surface area contributed by atoms with Crippen molar-refractivity contribution in [3.05, 3.63) is 30.0 Å². The highest BCUT2D eigenvalue weighted by Gasteiger charge is 2.55. The third kappa shape index (κ3) is 5.59. The van der Waals surface area contributed by atoms with Crippen LogP contribution < -0.4 is 10.1 Å². The summed E-state index contributed by atoms with van der Waals surface area (Å²) in [6.45, 7) is 9.43. The summed E-state index contributed by atoms with van der Waals surface area (Å²) in [5, 5.41) is 2.92. The van der Waals surface area contributed by atoms with E-state index in [1.54, 1.807) is 4.90 Å². The molecule has 3 fully saturated rings. The van der Waals surface area contributed by atoms with Gasteiger partial charge in [0.1, 0.15) is 23.9 Å². The first kappa shape index (κ1) is 28.9. The van der Waals surface area contributed by atoms with Crippen LogP contribution in [0.4, 0.5) is 4.79 Å². The quantitative estimate of drug-likeness (QED) is 0.503. The van der Waals surface area contributed by atoms with Crippen molar-refractivity contribution in [2.45, 2.75) is 104 Å². The minimum Gasteiger partial charge on any atom is -0.471 e. The number of rotatable bonds is 1. The lowest BCUT2D eigenvalue weighted by Gasteiger charge is -2.35. The molecule has 4 aliphatic rings. The molecule has 226 valence electrons. The molecule has 9 nitrogen and oxygen atoms in total. The monoisotopic (exact) mass is 576 g/mol. The second-order valence-corrected chi connectivity index (χ2v) is 14.1. The molecule has 2 bridgehead atoms. The fraction of sp³-hybridized carbons (Fsp3) is 0.667. The molecule has 2 aliphatic carbocycles. The highest BCUT2D eigenvalue weighted by Crippen LogP contribution is 2.57. The van der Waals surface area contributed by atoms with Gasteiger partial charge in [-0.05, 0) is 74.3 Å². The van der Waals surface area contributed by atoms with E-state index in [4.69, 9.17) is 19.4 Å². The van der Waals surface area contributed by atoms with E-state index in [1.807, 2.05) is 52.0 Å². The van der Waals surface area contributed by atoms with Gasteiger partial charge in [0.15, 0.2) is 5.78 Å². The van der Waals surface area contributed by atoms with Crippen molar-refractivity contribution in [3.8, 4) is 5.88 Å². The van der Waals surface area contributed by atoms with E-state index < -0.39 is 29.7 Å². The molecule has 1 saturated heterocycles. The molecule has 2 unspecified atom stereocenters. The van der Waals surface area contributed by atoms with Crippen LogP contribution in [0.1, 0.15) is 78.8 Å². The maximum atomic E-state index is 14.2. The van der Waals surface area contributed by atoms with Gasteiger partial charge in [-0.2, -0.15) is 0 Å². The summed E-state index contributed by atoms with van der Waals surface area (Å²) in [7, 11) is 0. The molecule has 2 aliphatic heterocycles. The Hall–Kier alpha value is -3.23. The van der Waals surface area contributed by atoms with Crippen LogP contribution in [0.3, 0.4) is 0 Å². The second-order valence-electron chi connectivity index (χ2n) is 14.1. The van der Waals surface area contributed by atoms with E-state index >= 15 is 0 Å². The smallest absolute Gasteiger partial charge is 0.408 e. The van der Waals surface area contributed by atoms with Crippen molar-refractivity contribution in [3.63, 3.8) is 0 Å². The molecule has 42 heavy (non-hydrogen) atoms. The zero-order valence-corrected chi connectivity index (χ0v) is 25.5. The second kappa shape index (κ2) is 11.1. The standard InChI is InChI=1S/C33H44N4O5/c1-18-27-17-37(28(18)19(2)38)31(39)29(33(3,4)5)36-32(40)42-26-16-20-15-22(20)21(26)11-7-6-8-14-25-30(41-27)35-24-13-10-9-12-23(24)34-25/h9-10,12-13,18,20-22,26-29H,6-8,11,14-17H2,1-5H3,(H,36,40)/t18-,20?,21-,22?,26-,27+,28+,29-/m1/s1. The number of carbonyl (C=O) groups is 3. The first-order valence-corrected chi connectivity index (χ1v) is 15.7. The Labute approximate surface area is 248 Å². The molecule has 2 amide bonds. The molecule has 1 N–H and O–H groups in total. The van der Waals surface area contributed by atoms with Crippen LogP contribution in [0, 0.1) is 29.1 Å². The summed E-state index contributed by atoms with van der Waals surface area (Å²) in [6.07, 6.45) is 5.84. The summed E-state index contributed by atoms with van der Waals surface area (Å²) >= 11 is 0. The molecule has 2 saturated carbocycles. The number of hydrogen-bond acceptors (Lipinski definition) is 7. The molecule has 9 heteroatoms. The number of amides is 2. The van der Waals surface area contributed by atoms with Crippen molar-refractivity contribution < 1.29 is 23.9 Å². The Kier molecular flexibility index (Phi) is 7.64. The predicted octanol–water partition coefficient (Wildman–Crippen LogP) is 5.10. The fourth-order valence-corrected chi connectivity index (χ4v) is 7.65. The molecule has 0 radical (unpaired) electrons. The number of alkyl carbamates (subject to hydrolysis) is 1. The molecule has 2 aromatic rings. The molecule has 0 spiro atoms. The van der Waals surface area contributed by atoms with Crippen molar-refractivity contribution >= 4 is 28.8 Å². The van der Waals surface area contributed by atoms with Gasteiger partial charge >= 0.3 is 6.09 Å². The summed E-state index contributed by atoms with van der Waals surface area (Å²) in [5.41, 5.74) is 1.79. The molecule has 1 aromatic heterocycles. The number of fused-ring (bicyclic) bond motifs is 7. The largest absolute Gasteiger partial charge is 0.471 e. The van der Waals surface area contributed by atoms with Gasteiger partial charge in [0.2, 0.25) is 11.8 Å². The van der Waals surface area contributed by atoms with Crippen molar-refractivity contribution in [1.82, 2.24) is 20.2 Å². The lowest BCUT2D eigenvalue weighted by Crippen LogP contribution is -2.57. The van der Waals surface area contributed by atoms with E-state index in [1.165, 1.54) is 13.3 Å². The summed E-state index contributed by atoms with van der Waals surface area (Å²) in [5.74, 6) is 1.45.